The molecule has 0 aliphatic rings. The molecule has 0 atom stereocenters. The molecule has 0 spiro atoms. The molecule has 11 heteroatoms. The van der Waals surface area contributed by atoms with E-state index in [0.717, 1.165) is 0 Å². The third kappa shape index (κ3) is 6.30. The number of sulfonamides is 1. The van der Waals surface area contributed by atoms with Crippen molar-refractivity contribution in [2.24, 2.45) is 0 Å². The lowest BCUT2D eigenvalue weighted by atomic mass is 10.1. The summed E-state index contributed by atoms with van der Waals surface area (Å²) in [6.45, 7) is 1.14. The minimum atomic E-state index is -3.84. The van der Waals surface area contributed by atoms with Crippen LogP contribution in [0.5, 0.6) is 11.5 Å². The van der Waals surface area contributed by atoms with Gasteiger partial charge in [0.15, 0.2) is 11.5 Å². The predicted octanol–water partition coefficient (Wildman–Crippen LogP) is 3.95. The predicted molar refractivity (Wildman–Crippen MR) is 117 cm³/mol. The molecule has 0 aromatic heterocycles. The van der Waals surface area contributed by atoms with E-state index in [1.54, 1.807) is 19.9 Å². The number of nitrogens with one attached hydrogen (secondary N) is 1. The third-order valence-electron chi connectivity index (χ3n) is 4.66. The quantitative estimate of drug-likeness (QED) is 0.515. The van der Waals surface area contributed by atoms with Crippen LogP contribution in [-0.4, -0.2) is 52.0 Å². The summed E-state index contributed by atoms with van der Waals surface area (Å²) in [5.41, 5.74) is 0.777. The fourth-order valence-electron chi connectivity index (χ4n) is 3.03. The Kier molecular flexibility index (Phi) is 9.23. The lowest BCUT2D eigenvalue weighted by Crippen LogP contribution is -2.31. The van der Waals surface area contributed by atoms with E-state index in [-0.39, 0.29) is 46.6 Å². The molecule has 0 unspecified atom stereocenters. The number of alkyl halides is 2. The van der Waals surface area contributed by atoms with Gasteiger partial charge >= 0.3 is 6.61 Å². The maximum atomic E-state index is 12.8. The van der Waals surface area contributed by atoms with Crippen LogP contribution < -0.4 is 14.8 Å². The largest absolute Gasteiger partial charge is 0.493 e. The molecule has 2 aromatic rings. The molecule has 2 aromatic carbocycles. The van der Waals surface area contributed by atoms with Crippen molar-refractivity contribution in [2.75, 3.05) is 26.7 Å². The lowest BCUT2D eigenvalue weighted by molar-refractivity contribution is -0.0512. The van der Waals surface area contributed by atoms with Crippen LogP contribution in [0.25, 0.3) is 0 Å². The molecule has 0 saturated carbocycles. The van der Waals surface area contributed by atoms with E-state index in [4.69, 9.17) is 16.3 Å². The van der Waals surface area contributed by atoms with Crippen molar-refractivity contribution in [1.29, 1.82) is 0 Å². The number of benzene rings is 2. The number of carbonyl (C=O) groups excluding carboxylic acids is 1. The van der Waals surface area contributed by atoms with Crippen molar-refractivity contribution >= 4 is 27.5 Å². The molecular weight excluding hydrogens is 466 g/mol. The Hall–Kier alpha value is -2.43. The van der Waals surface area contributed by atoms with Crippen LogP contribution in [0.2, 0.25) is 5.02 Å². The highest BCUT2D eigenvalue weighted by Gasteiger charge is 2.25. The molecule has 0 aliphatic carbocycles. The second kappa shape index (κ2) is 11.4. The Labute approximate surface area is 191 Å². The molecule has 0 aliphatic heterocycles. The summed E-state index contributed by atoms with van der Waals surface area (Å²) in [5.74, 6) is -0.424. The normalized spacial score (nSPS) is 11.6. The summed E-state index contributed by atoms with van der Waals surface area (Å²) in [7, 11) is -2.50. The van der Waals surface area contributed by atoms with E-state index in [2.05, 4.69) is 10.1 Å². The Morgan fingerprint density at radius 1 is 1.12 bits per heavy atom. The summed E-state index contributed by atoms with van der Waals surface area (Å²) in [5, 5.41) is 2.71. The topological polar surface area (TPSA) is 84.9 Å². The molecule has 0 saturated heterocycles. The van der Waals surface area contributed by atoms with Gasteiger partial charge in [-0.15, -0.1) is 0 Å². The molecule has 7 nitrogen and oxygen atoms in total. The van der Waals surface area contributed by atoms with E-state index in [1.165, 1.54) is 41.7 Å². The number of carbonyl (C=O) groups is 1. The smallest absolute Gasteiger partial charge is 0.387 e. The van der Waals surface area contributed by atoms with Crippen molar-refractivity contribution < 1.29 is 31.5 Å². The van der Waals surface area contributed by atoms with Gasteiger partial charge in [-0.3, -0.25) is 4.79 Å². The summed E-state index contributed by atoms with van der Waals surface area (Å²) in [6, 6.07) is 8.62. The molecule has 2 rings (SSSR count). The zero-order chi connectivity index (χ0) is 23.9. The fourth-order valence-corrected chi connectivity index (χ4v) is 4.99. The van der Waals surface area contributed by atoms with Gasteiger partial charge in [-0.25, -0.2) is 8.42 Å². The molecule has 32 heavy (non-hydrogen) atoms. The van der Waals surface area contributed by atoms with E-state index >= 15 is 0 Å². The maximum Gasteiger partial charge on any atom is 0.387 e. The van der Waals surface area contributed by atoms with E-state index in [0.29, 0.717) is 12.0 Å². The number of methoxy groups -OCH3 is 1. The van der Waals surface area contributed by atoms with Crippen LogP contribution in [0.1, 0.15) is 29.8 Å². The molecule has 0 heterocycles. The van der Waals surface area contributed by atoms with Gasteiger partial charge in [-0.1, -0.05) is 31.5 Å². The number of amides is 1. The third-order valence-corrected chi connectivity index (χ3v) is 7.19. The van der Waals surface area contributed by atoms with Gasteiger partial charge in [-0.2, -0.15) is 13.1 Å². The first-order chi connectivity index (χ1) is 15.1. The number of ether oxygens (including phenoxy) is 2. The Morgan fingerprint density at radius 3 is 2.41 bits per heavy atom. The molecule has 176 valence electrons. The van der Waals surface area contributed by atoms with Crippen molar-refractivity contribution in [2.45, 2.75) is 31.8 Å². The summed E-state index contributed by atoms with van der Waals surface area (Å²) < 4.78 is 61.4. The highest BCUT2D eigenvalue weighted by atomic mass is 35.5. The molecule has 1 N–H and O–H groups in total. The van der Waals surface area contributed by atoms with Gasteiger partial charge in [0.25, 0.3) is 5.91 Å². The zero-order valence-corrected chi connectivity index (χ0v) is 19.5. The minimum absolute atomic E-state index is 0.0262. The number of hydrogen-bond acceptors (Lipinski definition) is 5. The number of nitrogens with zero attached hydrogens (tertiary/aromatic N) is 1. The first-order valence-electron chi connectivity index (χ1n) is 9.83. The van der Waals surface area contributed by atoms with E-state index in [1.807, 2.05) is 0 Å². The van der Waals surface area contributed by atoms with Gasteiger partial charge in [0, 0.05) is 25.2 Å². The monoisotopic (exact) mass is 490 g/mol. The first-order valence-corrected chi connectivity index (χ1v) is 11.6. The molecule has 1 amide bonds. The second-order valence-electron chi connectivity index (χ2n) is 6.60. The average Bonchev–Trinajstić information content (AvgIpc) is 2.74. The number of rotatable bonds is 11. The minimum Gasteiger partial charge on any atom is -0.493 e. The lowest BCUT2D eigenvalue weighted by Gasteiger charge is -2.19. The SMILES string of the molecule is CCN(CC)S(=O)(=O)c1cc(C(=O)NCCc2ccc(OC)c(OC(F)F)c2)ccc1Cl. The standard InChI is InChI=1S/C21H25ClF2N2O5S/c1-4-26(5-2)32(28,29)19-13-15(7-8-16(19)22)20(27)25-11-10-14-6-9-17(30-3)18(12-14)31-21(23)24/h6-9,12-13,21H,4-5,10-11H2,1-3H3,(H,25,27). The fraction of sp³-hybridized carbons (Fsp3) is 0.381. The van der Waals surface area contributed by atoms with Crippen LogP contribution >= 0.6 is 11.6 Å². The first kappa shape index (κ1) is 25.8. The van der Waals surface area contributed by atoms with Gasteiger partial charge in [-0.05, 0) is 42.3 Å². The van der Waals surface area contributed by atoms with Gasteiger partial charge in [0.1, 0.15) is 4.90 Å². The van der Waals surface area contributed by atoms with Crippen molar-refractivity contribution in [1.82, 2.24) is 9.62 Å². The Morgan fingerprint density at radius 2 is 1.81 bits per heavy atom. The maximum absolute atomic E-state index is 12.8. The Balaban J connectivity index is 2.11. The van der Waals surface area contributed by atoms with Crippen LogP contribution in [-0.2, 0) is 16.4 Å². The van der Waals surface area contributed by atoms with Crippen LogP contribution in [0.4, 0.5) is 8.78 Å². The summed E-state index contributed by atoms with van der Waals surface area (Å²) in [4.78, 5) is 12.4. The van der Waals surface area contributed by atoms with Gasteiger partial charge < -0.3 is 14.8 Å². The van der Waals surface area contributed by atoms with Crippen molar-refractivity contribution in [3.63, 3.8) is 0 Å². The van der Waals surface area contributed by atoms with Gasteiger partial charge in [0.05, 0.1) is 12.1 Å². The van der Waals surface area contributed by atoms with Crippen LogP contribution in [0.3, 0.4) is 0 Å². The van der Waals surface area contributed by atoms with E-state index in [9.17, 15) is 22.0 Å². The number of halogens is 3. The molecular formula is C21H25ClF2N2O5S. The van der Waals surface area contributed by atoms with Crippen LogP contribution in [0, 0.1) is 0 Å². The molecule has 0 bridgehead atoms. The highest BCUT2D eigenvalue weighted by Crippen LogP contribution is 2.30. The van der Waals surface area contributed by atoms with Gasteiger partial charge in [0.2, 0.25) is 10.0 Å². The van der Waals surface area contributed by atoms with Crippen molar-refractivity contribution in [3.8, 4) is 11.5 Å². The van der Waals surface area contributed by atoms with Crippen LogP contribution in [0.15, 0.2) is 41.3 Å². The Bertz CT molecular complexity index is 1050. The highest BCUT2D eigenvalue weighted by molar-refractivity contribution is 7.89. The van der Waals surface area contributed by atoms with Crippen molar-refractivity contribution in [3.05, 3.63) is 52.5 Å². The van der Waals surface area contributed by atoms with E-state index < -0.39 is 22.5 Å². The molecule has 0 radical (unpaired) electrons. The number of hydrogen-bond donors (Lipinski definition) is 1. The summed E-state index contributed by atoms with van der Waals surface area (Å²) >= 11 is 6.09. The zero-order valence-electron chi connectivity index (χ0n) is 17.9. The molecule has 0 fully saturated rings. The summed E-state index contributed by atoms with van der Waals surface area (Å²) in [6.07, 6.45) is 0.327. The average molecular weight is 491 g/mol. The second-order valence-corrected chi connectivity index (χ2v) is 8.92.